The first-order chi connectivity index (χ1) is 5.22. The minimum atomic E-state index is 0.316. The first kappa shape index (κ1) is 8.29. The van der Waals surface area contributed by atoms with Crippen LogP contribution in [0.4, 0.5) is 0 Å². The zero-order valence-electron chi connectivity index (χ0n) is 6.75. The molecule has 5 N–H and O–H groups in total. The van der Waals surface area contributed by atoms with Crippen molar-refractivity contribution in [2.45, 2.75) is 12.5 Å². The zero-order chi connectivity index (χ0) is 8.27. The predicted molar refractivity (Wildman–Crippen MR) is 44.8 cm³/mol. The lowest BCUT2D eigenvalue weighted by Gasteiger charge is -2.06. The van der Waals surface area contributed by atoms with Crippen LogP contribution in [0.15, 0.2) is 4.99 Å². The van der Waals surface area contributed by atoms with Crippen LogP contribution < -0.4 is 17.0 Å². The smallest absolute Gasteiger partial charge is 0.203 e. The lowest BCUT2D eigenvalue weighted by atomic mass is 10.3. The highest BCUT2D eigenvalue weighted by Gasteiger charge is 2.18. The Labute approximate surface area is 66.4 Å². The molecule has 1 aliphatic heterocycles. The summed E-state index contributed by atoms with van der Waals surface area (Å²) in [5.41, 5.74) is 7.71. The Bertz CT molecular complexity index is 155. The standard InChI is InChI=1S/C6H15N5/c1-11-3-2-5(4-11)9-6(7)10-8/h5H,2-4,8H2,1H3,(H3,7,9,10). The molecular weight excluding hydrogens is 142 g/mol. The molecule has 1 rings (SSSR count). The second kappa shape index (κ2) is 3.54. The molecule has 11 heavy (non-hydrogen) atoms. The van der Waals surface area contributed by atoms with Crippen molar-refractivity contribution < 1.29 is 0 Å². The minimum absolute atomic E-state index is 0.316. The van der Waals surface area contributed by atoms with E-state index in [2.05, 4.69) is 22.4 Å². The van der Waals surface area contributed by atoms with E-state index in [0.717, 1.165) is 19.5 Å². The van der Waals surface area contributed by atoms with Crippen LogP contribution in [-0.4, -0.2) is 37.0 Å². The highest BCUT2D eigenvalue weighted by atomic mass is 15.3. The summed E-state index contributed by atoms with van der Waals surface area (Å²) in [7, 11) is 2.07. The first-order valence-electron chi connectivity index (χ1n) is 3.71. The number of guanidine groups is 1. The van der Waals surface area contributed by atoms with Gasteiger partial charge in [-0.1, -0.05) is 0 Å². The molecule has 0 aromatic heterocycles. The Morgan fingerprint density at radius 2 is 2.45 bits per heavy atom. The van der Waals surface area contributed by atoms with Gasteiger partial charge in [-0.3, -0.25) is 5.43 Å². The maximum Gasteiger partial charge on any atom is 0.203 e. The number of nitrogens with one attached hydrogen (secondary N) is 1. The first-order valence-corrected chi connectivity index (χ1v) is 3.71. The quantitative estimate of drug-likeness (QED) is 0.187. The normalized spacial score (nSPS) is 27.5. The number of nitrogens with zero attached hydrogens (tertiary/aromatic N) is 2. The molecule has 5 nitrogen and oxygen atoms in total. The summed E-state index contributed by atoms with van der Waals surface area (Å²) in [4.78, 5) is 6.38. The van der Waals surface area contributed by atoms with Crippen LogP contribution in [0.2, 0.25) is 0 Å². The molecule has 0 aliphatic carbocycles. The van der Waals surface area contributed by atoms with Gasteiger partial charge in [0.05, 0.1) is 6.04 Å². The largest absolute Gasteiger partial charge is 0.369 e. The van der Waals surface area contributed by atoms with Crippen molar-refractivity contribution in [1.82, 2.24) is 10.3 Å². The molecule has 0 spiro atoms. The number of hydrogen-bond donors (Lipinski definition) is 3. The van der Waals surface area contributed by atoms with E-state index in [1.807, 2.05) is 0 Å². The lowest BCUT2D eigenvalue weighted by Crippen LogP contribution is -2.38. The monoisotopic (exact) mass is 157 g/mol. The zero-order valence-corrected chi connectivity index (χ0v) is 6.75. The third-order valence-electron chi connectivity index (χ3n) is 1.84. The molecule has 1 atom stereocenters. The average molecular weight is 157 g/mol. The molecule has 1 saturated heterocycles. The van der Waals surface area contributed by atoms with Gasteiger partial charge in [0.15, 0.2) is 0 Å². The number of hydrazine groups is 1. The van der Waals surface area contributed by atoms with Crippen molar-refractivity contribution in [3.05, 3.63) is 0 Å². The van der Waals surface area contributed by atoms with Gasteiger partial charge in [0, 0.05) is 6.54 Å². The Morgan fingerprint density at radius 3 is 2.91 bits per heavy atom. The van der Waals surface area contributed by atoms with E-state index < -0.39 is 0 Å². The van der Waals surface area contributed by atoms with Gasteiger partial charge < -0.3 is 10.6 Å². The second-order valence-corrected chi connectivity index (χ2v) is 2.86. The third-order valence-corrected chi connectivity index (χ3v) is 1.84. The number of nitrogens with two attached hydrogens (primary N) is 2. The summed E-state index contributed by atoms with van der Waals surface area (Å²) < 4.78 is 0. The van der Waals surface area contributed by atoms with Gasteiger partial charge in [0.2, 0.25) is 5.96 Å². The summed E-state index contributed by atoms with van der Waals surface area (Å²) in [5, 5.41) is 0. The fourth-order valence-corrected chi connectivity index (χ4v) is 1.25. The number of rotatable bonds is 1. The molecule has 0 aromatic rings. The van der Waals surface area contributed by atoms with Crippen molar-refractivity contribution >= 4 is 5.96 Å². The maximum absolute atomic E-state index is 5.39. The maximum atomic E-state index is 5.39. The lowest BCUT2D eigenvalue weighted by molar-refractivity contribution is 0.411. The molecule has 1 fully saturated rings. The van der Waals surface area contributed by atoms with Crippen LogP contribution in [0.5, 0.6) is 0 Å². The average Bonchev–Trinajstić information content (AvgIpc) is 2.35. The van der Waals surface area contributed by atoms with E-state index in [-0.39, 0.29) is 0 Å². The minimum Gasteiger partial charge on any atom is -0.369 e. The van der Waals surface area contributed by atoms with Gasteiger partial charge in [0.1, 0.15) is 0 Å². The number of hydrogen-bond acceptors (Lipinski definition) is 3. The number of likely N-dealkylation sites (tertiary alicyclic amines) is 1. The van der Waals surface area contributed by atoms with E-state index >= 15 is 0 Å². The summed E-state index contributed by atoms with van der Waals surface area (Å²) in [5.74, 6) is 5.39. The van der Waals surface area contributed by atoms with Crippen LogP contribution in [0.1, 0.15) is 6.42 Å². The molecule has 1 heterocycles. The molecule has 0 amide bonds. The van der Waals surface area contributed by atoms with E-state index in [0.29, 0.717) is 12.0 Å². The third kappa shape index (κ3) is 2.36. The van der Waals surface area contributed by atoms with Gasteiger partial charge in [-0.15, -0.1) is 0 Å². The second-order valence-electron chi connectivity index (χ2n) is 2.86. The van der Waals surface area contributed by atoms with Crippen molar-refractivity contribution in [3.8, 4) is 0 Å². The number of aliphatic imine (C=N–C) groups is 1. The van der Waals surface area contributed by atoms with Crippen molar-refractivity contribution in [2.24, 2.45) is 16.6 Å². The summed E-state index contributed by atoms with van der Waals surface area (Å²) in [6, 6.07) is 0.316. The molecular formula is C6H15N5. The van der Waals surface area contributed by atoms with Gasteiger partial charge >= 0.3 is 0 Å². The van der Waals surface area contributed by atoms with E-state index in [4.69, 9.17) is 11.6 Å². The fourth-order valence-electron chi connectivity index (χ4n) is 1.25. The molecule has 5 heteroatoms. The van der Waals surface area contributed by atoms with Crippen molar-refractivity contribution in [3.63, 3.8) is 0 Å². The Hall–Kier alpha value is -0.810. The Balaban J connectivity index is 2.38. The number of likely N-dealkylation sites (N-methyl/N-ethyl adjacent to an activating group) is 1. The predicted octanol–water partition coefficient (Wildman–Crippen LogP) is -1.53. The van der Waals surface area contributed by atoms with Crippen LogP contribution in [0.3, 0.4) is 0 Å². The molecule has 1 aliphatic rings. The highest BCUT2D eigenvalue weighted by Crippen LogP contribution is 2.09. The fraction of sp³-hybridized carbons (Fsp3) is 0.833. The molecule has 0 radical (unpaired) electrons. The van der Waals surface area contributed by atoms with Crippen molar-refractivity contribution in [2.75, 3.05) is 20.1 Å². The molecule has 1 unspecified atom stereocenters. The SMILES string of the molecule is CN1CCC(N=C(N)NN)C1. The highest BCUT2D eigenvalue weighted by molar-refractivity contribution is 5.77. The molecule has 0 bridgehead atoms. The summed E-state index contributed by atoms with van der Waals surface area (Å²) in [6.45, 7) is 2.06. The Kier molecular flexibility index (Phi) is 2.67. The van der Waals surface area contributed by atoms with Gasteiger partial charge in [0.25, 0.3) is 0 Å². The van der Waals surface area contributed by atoms with Crippen LogP contribution >= 0.6 is 0 Å². The molecule has 64 valence electrons. The van der Waals surface area contributed by atoms with Crippen LogP contribution in [0.25, 0.3) is 0 Å². The van der Waals surface area contributed by atoms with Crippen molar-refractivity contribution in [1.29, 1.82) is 0 Å². The van der Waals surface area contributed by atoms with Gasteiger partial charge in [-0.25, -0.2) is 10.8 Å². The Morgan fingerprint density at radius 1 is 1.73 bits per heavy atom. The van der Waals surface area contributed by atoms with Crippen LogP contribution in [-0.2, 0) is 0 Å². The molecule has 0 aromatic carbocycles. The van der Waals surface area contributed by atoms with E-state index in [9.17, 15) is 0 Å². The van der Waals surface area contributed by atoms with E-state index in [1.165, 1.54) is 0 Å². The van der Waals surface area contributed by atoms with Gasteiger partial charge in [-0.05, 0) is 20.0 Å². The summed E-state index contributed by atoms with van der Waals surface area (Å²) in [6.07, 6.45) is 1.07. The van der Waals surface area contributed by atoms with Crippen LogP contribution in [0, 0.1) is 0 Å². The van der Waals surface area contributed by atoms with E-state index in [1.54, 1.807) is 0 Å². The molecule has 0 saturated carbocycles. The van der Waals surface area contributed by atoms with Gasteiger partial charge in [-0.2, -0.15) is 0 Å². The topological polar surface area (TPSA) is 79.7 Å². The summed E-state index contributed by atoms with van der Waals surface area (Å²) >= 11 is 0.